The molecule has 6 nitrogen and oxygen atoms in total. The molecular weight excluding hydrogens is 385 g/mol. The molecule has 0 radical (unpaired) electrons. The Balaban J connectivity index is 2.04. The van der Waals surface area contributed by atoms with Crippen molar-refractivity contribution in [3.05, 3.63) is 57.6 Å². The average molecular weight is 399 g/mol. The summed E-state index contributed by atoms with van der Waals surface area (Å²) in [7, 11) is 0. The SMILES string of the molecule is Cc1cc(NC(=O)c2c(C)noc2C)n(-c2cc(C(F)(F)F)ccc2Cl)n1. The molecule has 1 aromatic carbocycles. The van der Waals surface area contributed by atoms with Gasteiger partial charge in [-0.25, -0.2) is 4.68 Å². The Morgan fingerprint density at radius 3 is 2.52 bits per heavy atom. The van der Waals surface area contributed by atoms with Gasteiger partial charge in [-0.2, -0.15) is 18.3 Å². The summed E-state index contributed by atoms with van der Waals surface area (Å²) in [5.74, 6) is -0.0286. The fourth-order valence-corrected chi connectivity index (χ4v) is 2.81. The molecule has 0 saturated heterocycles. The van der Waals surface area contributed by atoms with Crippen LogP contribution in [0, 0.1) is 20.8 Å². The van der Waals surface area contributed by atoms with Crippen molar-refractivity contribution < 1.29 is 22.5 Å². The Labute approximate surface area is 156 Å². The lowest BCUT2D eigenvalue weighted by Gasteiger charge is -2.13. The lowest BCUT2D eigenvalue weighted by molar-refractivity contribution is -0.137. The Hall–Kier alpha value is -2.81. The molecule has 3 rings (SSSR count). The van der Waals surface area contributed by atoms with Crippen LogP contribution in [0.25, 0.3) is 5.69 Å². The van der Waals surface area contributed by atoms with Gasteiger partial charge in [-0.05, 0) is 39.0 Å². The zero-order valence-corrected chi connectivity index (χ0v) is 15.2. The third-order valence-electron chi connectivity index (χ3n) is 3.84. The van der Waals surface area contributed by atoms with Crippen LogP contribution in [-0.4, -0.2) is 20.8 Å². The van der Waals surface area contributed by atoms with Crippen molar-refractivity contribution in [2.24, 2.45) is 0 Å². The number of hydrogen-bond acceptors (Lipinski definition) is 4. The fraction of sp³-hybridized carbons (Fsp3) is 0.235. The first-order valence-corrected chi connectivity index (χ1v) is 8.13. The topological polar surface area (TPSA) is 73.0 Å². The number of aryl methyl sites for hydroxylation is 3. The number of halogens is 4. The second-order valence-electron chi connectivity index (χ2n) is 5.90. The molecule has 0 atom stereocenters. The van der Waals surface area contributed by atoms with Crippen LogP contribution in [0.2, 0.25) is 5.02 Å². The third kappa shape index (κ3) is 3.68. The van der Waals surface area contributed by atoms with Crippen molar-refractivity contribution in [1.29, 1.82) is 0 Å². The van der Waals surface area contributed by atoms with Crippen LogP contribution >= 0.6 is 11.6 Å². The molecule has 27 heavy (non-hydrogen) atoms. The van der Waals surface area contributed by atoms with Gasteiger partial charge < -0.3 is 9.84 Å². The average Bonchev–Trinajstić information content (AvgIpc) is 3.08. The van der Waals surface area contributed by atoms with Crippen LogP contribution in [0.1, 0.15) is 33.1 Å². The van der Waals surface area contributed by atoms with Crippen molar-refractivity contribution in [3.63, 3.8) is 0 Å². The summed E-state index contributed by atoms with van der Waals surface area (Å²) in [6.07, 6.45) is -4.54. The minimum atomic E-state index is -4.54. The lowest BCUT2D eigenvalue weighted by Crippen LogP contribution is -2.17. The third-order valence-corrected chi connectivity index (χ3v) is 4.15. The monoisotopic (exact) mass is 398 g/mol. The van der Waals surface area contributed by atoms with Crippen molar-refractivity contribution in [1.82, 2.24) is 14.9 Å². The highest BCUT2D eigenvalue weighted by Crippen LogP contribution is 2.34. The first-order chi connectivity index (χ1) is 12.6. The molecule has 0 bridgehead atoms. The van der Waals surface area contributed by atoms with E-state index in [1.165, 1.54) is 6.07 Å². The maximum Gasteiger partial charge on any atom is 0.416 e. The molecule has 2 heterocycles. The zero-order chi connectivity index (χ0) is 19.9. The summed E-state index contributed by atoms with van der Waals surface area (Å²) in [6.45, 7) is 4.84. The molecule has 0 unspecified atom stereocenters. The van der Waals surface area contributed by atoms with Gasteiger partial charge in [0.15, 0.2) is 0 Å². The van der Waals surface area contributed by atoms with E-state index in [0.29, 0.717) is 17.1 Å². The number of hydrogen-bond donors (Lipinski definition) is 1. The summed E-state index contributed by atoms with van der Waals surface area (Å²) in [4.78, 5) is 12.6. The van der Waals surface area contributed by atoms with E-state index < -0.39 is 17.6 Å². The lowest BCUT2D eigenvalue weighted by atomic mass is 10.2. The van der Waals surface area contributed by atoms with E-state index in [0.717, 1.165) is 22.9 Å². The number of rotatable bonds is 3. The van der Waals surface area contributed by atoms with E-state index in [4.69, 9.17) is 16.1 Å². The van der Waals surface area contributed by atoms with Gasteiger partial charge in [-0.1, -0.05) is 16.8 Å². The summed E-state index contributed by atoms with van der Waals surface area (Å²) in [6, 6.07) is 4.41. The molecule has 0 fully saturated rings. The molecular formula is C17H14ClF3N4O2. The summed E-state index contributed by atoms with van der Waals surface area (Å²) in [5, 5.41) is 10.5. The normalized spacial score (nSPS) is 11.7. The number of aromatic nitrogens is 3. The number of benzene rings is 1. The van der Waals surface area contributed by atoms with E-state index in [9.17, 15) is 18.0 Å². The van der Waals surface area contributed by atoms with Crippen molar-refractivity contribution in [2.75, 3.05) is 5.32 Å². The summed E-state index contributed by atoms with van der Waals surface area (Å²) >= 11 is 6.08. The van der Waals surface area contributed by atoms with E-state index in [1.807, 2.05) is 0 Å². The van der Waals surface area contributed by atoms with Gasteiger partial charge >= 0.3 is 6.18 Å². The molecule has 1 N–H and O–H groups in total. The number of anilines is 1. The highest BCUT2D eigenvalue weighted by atomic mass is 35.5. The van der Waals surface area contributed by atoms with Crippen molar-refractivity contribution in [2.45, 2.75) is 26.9 Å². The van der Waals surface area contributed by atoms with Crippen LogP contribution in [-0.2, 0) is 6.18 Å². The maximum absolute atomic E-state index is 13.0. The van der Waals surface area contributed by atoms with Crippen molar-refractivity contribution in [3.8, 4) is 5.69 Å². The molecule has 3 aromatic rings. The van der Waals surface area contributed by atoms with Crippen LogP contribution < -0.4 is 5.32 Å². The maximum atomic E-state index is 13.0. The Morgan fingerprint density at radius 2 is 1.93 bits per heavy atom. The number of amides is 1. The molecule has 10 heteroatoms. The molecule has 0 saturated carbocycles. The van der Waals surface area contributed by atoms with Gasteiger partial charge in [0, 0.05) is 6.07 Å². The number of nitrogens with zero attached hydrogens (tertiary/aromatic N) is 3. The van der Waals surface area contributed by atoms with Crippen LogP contribution in [0.5, 0.6) is 0 Å². The molecule has 0 aliphatic heterocycles. The van der Waals surface area contributed by atoms with E-state index >= 15 is 0 Å². The Bertz CT molecular complexity index is 1000. The molecule has 2 aromatic heterocycles. The molecule has 0 spiro atoms. The van der Waals surface area contributed by atoms with Crippen LogP contribution in [0.15, 0.2) is 28.8 Å². The summed E-state index contributed by atoms with van der Waals surface area (Å²) in [5.41, 5.74) is 0.240. The van der Waals surface area contributed by atoms with Gasteiger partial charge in [-0.15, -0.1) is 0 Å². The molecule has 142 valence electrons. The van der Waals surface area contributed by atoms with Crippen molar-refractivity contribution >= 4 is 23.3 Å². The highest BCUT2D eigenvalue weighted by molar-refractivity contribution is 6.32. The second-order valence-corrected chi connectivity index (χ2v) is 6.31. The molecule has 0 aliphatic rings. The number of nitrogens with one attached hydrogen (secondary N) is 1. The smallest absolute Gasteiger partial charge is 0.361 e. The second kappa shape index (κ2) is 6.73. The Kier molecular flexibility index (Phi) is 4.73. The predicted molar refractivity (Wildman–Crippen MR) is 92.2 cm³/mol. The minimum Gasteiger partial charge on any atom is -0.361 e. The van der Waals surface area contributed by atoms with Crippen LogP contribution in [0.4, 0.5) is 19.0 Å². The van der Waals surface area contributed by atoms with E-state index in [1.54, 1.807) is 20.8 Å². The summed E-state index contributed by atoms with van der Waals surface area (Å²) < 4.78 is 45.3. The van der Waals surface area contributed by atoms with Crippen LogP contribution in [0.3, 0.4) is 0 Å². The zero-order valence-electron chi connectivity index (χ0n) is 14.5. The number of alkyl halides is 3. The number of carbonyl (C=O) groups is 1. The number of carbonyl (C=O) groups excluding carboxylic acids is 1. The minimum absolute atomic E-state index is 0.00588. The highest BCUT2D eigenvalue weighted by Gasteiger charge is 2.31. The quantitative estimate of drug-likeness (QED) is 0.693. The fourth-order valence-electron chi connectivity index (χ4n) is 2.61. The largest absolute Gasteiger partial charge is 0.416 e. The van der Waals surface area contributed by atoms with Gasteiger partial charge in [0.05, 0.1) is 27.7 Å². The standard InChI is InChI=1S/C17H14ClF3N4O2/c1-8-6-14(22-16(26)15-9(2)24-27-10(15)3)25(23-8)13-7-11(17(19,20)21)4-5-12(13)18/h4-7H,1-3H3,(H,22,26). The Morgan fingerprint density at radius 1 is 1.22 bits per heavy atom. The van der Waals surface area contributed by atoms with Gasteiger partial charge in [0.1, 0.15) is 17.1 Å². The van der Waals surface area contributed by atoms with Gasteiger partial charge in [-0.3, -0.25) is 4.79 Å². The van der Waals surface area contributed by atoms with Gasteiger partial charge in [0.2, 0.25) is 0 Å². The first kappa shape index (κ1) is 19.0. The first-order valence-electron chi connectivity index (χ1n) is 7.76. The van der Waals surface area contributed by atoms with E-state index in [-0.39, 0.29) is 22.1 Å². The van der Waals surface area contributed by atoms with Gasteiger partial charge in [0.25, 0.3) is 5.91 Å². The molecule has 1 amide bonds. The van der Waals surface area contributed by atoms with E-state index in [2.05, 4.69) is 15.6 Å². The predicted octanol–water partition coefficient (Wildman–Crippen LogP) is 4.71. The molecule has 0 aliphatic carbocycles.